The number of pyridine rings is 1. The molecule has 1 fully saturated rings. The van der Waals surface area contributed by atoms with Crippen LogP contribution >= 0.6 is 0 Å². The average molecular weight is 323 g/mol. The zero-order valence-electron chi connectivity index (χ0n) is 14.2. The highest BCUT2D eigenvalue weighted by Gasteiger charge is 2.23. The maximum atomic E-state index is 11.7. The maximum Gasteiger partial charge on any atom is 0.223 e. The van der Waals surface area contributed by atoms with Crippen molar-refractivity contribution in [2.75, 3.05) is 19.6 Å². The molecule has 0 radical (unpaired) electrons. The Balaban J connectivity index is 1.53. The highest BCUT2D eigenvalue weighted by molar-refractivity contribution is 5.81. The quantitative estimate of drug-likeness (QED) is 0.831. The first-order valence-corrected chi connectivity index (χ1v) is 8.69. The molecule has 2 aromatic rings. The molecule has 1 aromatic carbocycles. The number of nitrogens with one attached hydrogen (secondary N) is 1. The largest absolute Gasteiger partial charge is 0.356 e. The van der Waals surface area contributed by atoms with Crippen LogP contribution in [0.2, 0.25) is 0 Å². The van der Waals surface area contributed by atoms with Gasteiger partial charge in [0.1, 0.15) is 0 Å². The second kappa shape index (κ2) is 8.06. The molecule has 1 N–H and O–H groups in total. The van der Waals surface area contributed by atoms with Crippen LogP contribution in [-0.4, -0.2) is 35.4 Å². The number of carbonyl (C=O) groups excluding carboxylic acids is 1. The summed E-state index contributed by atoms with van der Waals surface area (Å²) in [6.45, 7) is 5.76. The number of rotatable bonds is 6. The van der Waals surface area contributed by atoms with Gasteiger partial charge in [-0.15, -0.1) is 0 Å². The molecule has 126 valence electrons. The molecule has 0 bridgehead atoms. The van der Waals surface area contributed by atoms with E-state index in [1.165, 1.54) is 10.9 Å². The number of hydrogen-bond acceptors (Lipinski definition) is 3. The van der Waals surface area contributed by atoms with Crippen LogP contribution in [0.4, 0.5) is 0 Å². The van der Waals surface area contributed by atoms with Gasteiger partial charge in [0.15, 0.2) is 0 Å². The predicted molar refractivity (Wildman–Crippen MR) is 97.6 cm³/mol. The van der Waals surface area contributed by atoms with Crippen molar-refractivity contribution in [3.05, 3.63) is 54.2 Å². The molecule has 0 aliphatic carbocycles. The fourth-order valence-corrected chi connectivity index (χ4v) is 3.31. The third-order valence-electron chi connectivity index (χ3n) is 4.61. The summed E-state index contributed by atoms with van der Waals surface area (Å²) in [4.78, 5) is 18.7. The van der Waals surface area contributed by atoms with Gasteiger partial charge in [-0.3, -0.25) is 14.7 Å². The van der Waals surface area contributed by atoms with Crippen LogP contribution < -0.4 is 5.32 Å². The van der Waals surface area contributed by atoms with Gasteiger partial charge in [0.05, 0.1) is 5.52 Å². The van der Waals surface area contributed by atoms with Gasteiger partial charge in [-0.05, 0) is 37.4 Å². The SMILES string of the molecule is C/C=C/CC(=O)NC[C@@H]1CCN(Cc2cccc3cccnc23)C1. The van der Waals surface area contributed by atoms with Crippen LogP contribution in [0.1, 0.15) is 25.3 Å². The number of fused-ring (bicyclic) bond motifs is 1. The standard InChI is InChI=1S/C20H25N3O/c1-2-3-9-19(24)22-13-16-10-12-23(14-16)15-18-7-4-6-17-8-5-11-21-20(17)18/h2-8,11,16H,9-10,12-15H2,1H3,(H,22,24)/b3-2+/t16-/m0/s1. The van der Waals surface area contributed by atoms with E-state index in [4.69, 9.17) is 0 Å². The van der Waals surface area contributed by atoms with Gasteiger partial charge in [0.2, 0.25) is 5.91 Å². The van der Waals surface area contributed by atoms with Crippen molar-refractivity contribution in [3.63, 3.8) is 0 Å². The van der Waals surface area contributed by atoms with E-state index in [0.717, 1.165) is 38.1 Å². The monoisotopic (exact) mass is 323 g/mol. The van der Waals surface area contributed by atoms with Crippen LogP contribution in [0.3, 0.4) is 0 Å². The Morgan fingerprint density at radius 1 is 1.38 bits per heavy atom. The van der Waals surface area contributed by atoms with E-state index >= 15 is 0 Å². The van der Waals surface area contributed by atoms with Crippen LogP contribution in [0.25, 0.3) is 10.9 Å². The molecule has 0 saturated carbocycles. The minimum atomic E-state index is 0.116. The summed E-state index contributed by atoms with van der Waals surface area (Å²) in [6, 6.07) is 10.5. The van der Waals surface area contributed by atoms with Gasteiger partial charge in [0, 0.05) is 37.6 Å². The molecular formula is C20H25N3O. The second-order valence-electron chi connectivity index (χ2n) is 6.46. The van der Waals surface area contributed by atoms with Crippen molar-refractivity contribution >= 4 is 16.8 Å². The fraction of sp³-hybridized carbons (Fsp3) is 0.400. The zero-order chi connectivity index (χ0) is 16.8. The Kier molecular flexibility index (Phi) is 5.59. The van der Waals surface area contributed by atoms with Crippen molar-refractivity contribution in [2.24, 2.45) is 5.92 Å². The van der Waals surface area contributed by atoms with Crippen molar-refractivity contribution < 1.29 is 4.79 Å². The Morgan fingerprint density at radius 2 is 2.25 bits per heavy atom. The molecule has 1 aromatic heterocycles. The molecule has 1 aliphatic heterocycles. The zero-order valence-corrected chi connectivity index (χ0v) is 14.2. The molecule has 24 heavy (non-hydrogen) atoms. The van der Waals surface area contributed by atoms with Gasteiger partial charge in [-0.1, -0.05) is 36.4 Å². The Hall–Kier alpha value is -2.20. The summed E-state index contributed by atoms with van der Waals surface area (Å²) in [6.07, 6.45) is 7.29. The summed E-state index contributed by atoms with van der Waals surface area (Å²) in [7, 11) is 0. The molecular weight excluding hydrogens is 298 g/mol. The molecule has 1 aliphatic rings. The number of nitrogens with zero attached hydrogens (tertiary/aromatic N) is 2. The van der Waals surface area contributed by atoms with Crippen LogP contribution in [0.15, 0.2) is 48.7 Å². The van der Waals surface area contributed by atoms with Gasteiger partial charge >= 0.3 is 0 Å². The fourth-order valence-electron chi connectivity index (χ4n) is 3.31. The number of para-hydroxylation sites is 1. The molecule has 1 atom stereocenters. The Bertz CT molecular complexity index is 720. The number of carbonyl (C=O) groups is 1. The number of hydrogen-bond donors (Lipinski definition) is 1. The van der Waals surface area contributed by atoms with E-state index in [1.54, 1.807) is 0 Å². The highest BCUT2D eigenvalue weighted by Crippen LogP contribution is 2.22. The summed E-state index contributed by atoms with van der Waals surface area (Å²) in [5.74, 6) is 0.660. The number of allylic oxidation sites excluding steroid dienone is 1. The molecule has 1 saturated heterocycles. The molecule has 2 heterocycles. The number of aromatic nitrogens is 1. The van der Waals surface area contributed by atoms with E-state index in [2.05, 4.69) is 39.5 Å². The Labute approximate surface area is 143 Å². The van der Waals surface area contributed by atoms with Crippen LogP contribution in [0.5, 0.6) is 0 Å². The molecule has 0 spiro atoms. The van der Waals surface area contributed by atoms with Crippen molar-refractivity contribution in [3.8, 4) is 0 Å². The van der Waals surface area contributed by atoms with Crippen LogP contribution in [0, 0.1) is 5.92 Å². The lowest BCUT2D eigenvalue weighted by atomic mass is 10.1. The second-order valence-corrected chi connectivity index (χ2v) is 6.46. The first-order valence-electron chi connectivity index (χ1n) is 8.69. The summed E-state index contributed by atoms with van der Waals surface area (Å²) in [5, 5.41) is 4.24. The van der Waals surface area contributed by atoms with Gasteiger partial charge < -0.3 is 5.32 Å². The van der Waals surface area contributed by atoms with Gasteiger partial charge in [-0.2, -0.15) is 0 Å². The normalized spacial score (nSPS) is 18.5. The highest BCUT2D eigenvalue weighted by atomic mass is 16.1. The summed E-state index contributed by atoms with van der Waals surface area (Å²) >= 11 is 0. The molecule has 0 unspecified atom stereocenters. The first kappa shape index (κ1) is 16.7. The molecule has 3 rings (SSSR count). The smallest absolute Gasteiger partial charge is 0.223 e. The number of benzene rings is 1. The summed E-state index contributed by atoms with van der Waals surface area (Å²) in [5.41, 5.74) is 2.38. The van der Waals surface area contributed by atoms with Gasteiger partial charge in [0.25, 0.3) is 0 Å². The maximum absolute atomic E-state index is 11.7. The third-order valence-corrected chi connectivity index (χ3v) is 4.61. The number of likely N-dealkylation sites (tertiary alicyclic amines) is 1. The number of amides is 1. The lowest BCUT2D eigenvalue weighted by Crippen LogP contribution is -2.30. The van der Waals surface area contributed by atoms with Gasteiger partial charge in [-0.25, -0.2) is 0 Å². The average Bonchev–Trinajstić information content (AvgIpc) is 3.06. The lowest BCUT2D eigenvalue weighted by Gasteiger charge is -2.17. The Morgan fingerprint density at radius 3 is 3.12 bits per heavy atom. The van der Waals surface area contributed by atoms with Crippen LogP contribution in [-0.2, 0) is 11.3 Å². The van der Waals surface area contributed by atoms with E-state index in [1.807, 2.05) is 31.3 Å². The van der Waals surface area contributed by atoms with E-state index in [0.29, 0.717) is 12.3 Å². The lowest BCUT2D eigenvalue weighted by molar-refractivity contribution is -0.120. The predicted octanol–water partition coefficient (Wildman–Crippen LogP) is 3.14. The molecule has 4 heteroatoms. The van der Waals surface area contributed by atoms with E-state index in [-0.39, 0.29) is 5.91 Å². The minimum absolute atomic E-state index is 0.116. The minimum Gasteiger partial charge on any atom is -0.356 e. The third kappa shape index (κ3) is 4.20. The summed E-state index contributed by atoms with van der Waals surface area (Å²) < 4.78 is 0. The van der Waals surface area contributed by atoms with E-state index in [9.17, 15) is 4.79 Å². The van der Waals surface area contributed by atoms with E-state index < -0.39 is 0 Å². The first-order chi connectivity index (χ1) is 11.8. The molecule has 1 amide bonds. The van der Waals surface area contributed by atoms with Crippen molar-refractivity contribution in [1.29, 1.82) is 0 Å². The molecule has 4 nitrogen and oxygen atoms in total. The van der Waals surface area contributed by atoms with Crippen molar-refractivity contribution in [1.82, 2.24) is 15.2 Å². The van der Waals surface area contributed by atoms with Crippen molar-refractivity contribution in [2.45, 2.75) is 26.3 Å². The topological polar surface area (TPSA) is 45.2 Å².